The third kappa shape index (κ3) is 10.7. The molecule has 0 fully saturated rings. The topological polar surface area (TPSA) is 74.8 Å². The maximum absolute atomic E-state index is 12.5. The second-order valence-corrected chi connectivity index (χ2v) is 6.88. The molecule has 3 N–H and O–H groups in total. The van der Waals surface area contributed by atoms with Gasteiger partial charge in [-0.15, -0.1) is 24.0 Å². The van der Waals surface area contributed by atoms with Crippen LogP contribution in [0.1, 0.15) is 16.7 Å². The first-order valence-electron chi connectivity index (χ1n) is 9.81. The zero-order valence-electron chi connectivity index (χ0n) is 18.0. The Labute approximate surface area is 203 Å². The van der Waals surface area contributed by atoms with E-state index in [0.29, 0.717) is 18.1 Å². The quantitative estimate of drug-likeness (QED) is 0.248. The molecule has 2 aromatic carbocycles. The minimum atomic E-state index is -4.42. The SMILES string of the molecule is CN=C(NCC(=O)NCCc1ccccc1)NCc1ccc(C)cc1OCC(F)(F)F.I. The van der Waals surface area contributed by atoms with Gasteiger partial charge in [-0.3, -0.25) is 9.79 Å². The number of rotatable bonds is 9. The molecule has 2 aromatic rings. The van der Waals surface area contributed by atoms with Gasteiger partial charge in [0.05, 0.1) is 6.54 Å². The Balaban J connectivity index is 0.00000512. The molecule has 0 aliphatic heterocycles. The molecule has 2 rings (SSSR count). The van der Waals surface area contributed by atoms with E-state index >= 15 is 0 Å². The molecule has 0 atom stereocenters. The number of carbonyl (C=O) groups excluding carboxylic acids is 1. The number of hydrogen-bond donors (Lipinski definition) is 3. The lowest BCUT2D eigenvalue weighted by Crippen LogP contribution is -2.43. The summed E-state index contributed by atoms with van der Waals surface area (Å²) in [6, 6.07) is 14.9. The summed E-state index contributed by atoms with van der Waals surface area (Å²) in [5.74, 6) is 0.308. The average Bonchev–Trinajstić information content (AvgIpc) is 2.73. The van der Waals surface area contributed by atoms with Crippen molar-refractivity contribution in [3.8, 4) is 5.75 Å². The van der Waals surface area contributed by atoms with Gasteiger partial charge < -0.3 is 20.7 Å². The number of alkyl halides is 3. The Morgan fingerprint density at radius 1 is 1.06 bits per heavy atom. The van der Waals surface area contributed by atoms with E-state index in [0.717, 1.165) is 17.5 Å². The number of halogens is 4. The Morgan fingerprint density at radius 3 is 2.44 bits per heavy atom. The molecule has 0 aromatic heterocycles. The summed E-state index contributed by atoms with van der Waals surface area (Å²) in [7, 11) is 1.54. The van der Waals surface area contributed by atoms with Crippen LogP contribution in [0.5, 0.6) is 5.75 Å². The highest BCUT2D eigenvalue weighted by Gasteiger charge is 2.28. The van der Waals surface area contributed by atoms with Crippen molar-refractivity contribution >= 4 is 35.8 Å². The highest BCUT2D eigenvalue weighted by molar-refractivity contribution is 14.0. The summed E-state index contributed by atoms with van der Waals surface area (Å²) in [5.41, 5.74) is 2.47. The Bertz CT molecular complexity index is 877. The van der Waals surface area contributed by atoms with Crippen molar-refractivity contribution in [3.63, 3.8) is 0 Å². The van der Waals surface area contributed by atoms with Crippen LogP contribution in [0.4, 0.5) is 13.2 Å². The molecule has 0 radical (unpaired) electrons. The smallest absolute Gasteiger partial charge is 0.422 e. The predicted octanol–water partition coefficient (Wildman–Crippen LogP) is 3.58. The Morgan fingerprint density at radius 2 is 1.78 bits per heavy atom. The largest absolute Gasteiger partial charge is 0.484 e. The summed E-state index contributed by atoms with van der Waals surface area (Å²) in [6.07, 6.45) is -3.69. The second-order valence-electron chi connectivity index (χ2n) is 6.88. The van der Waals surface area contributed by atoms with Crippen LogP contribution in [0.3, 0.4) is 0 Å². The number of hydrogen-bond acceptors (Lipinski definition) is 3. The molecule has 32 heavy (non-hydrogen) atoms. The average molecular weight is 564 g/mol. The number of nitrogens with zero attached hydrogens (tertiary/aromatic N) is 1. The molecular formula is C22H28F3IN4O2. The van der Waals surface area contributed by atoms with E-state index in [-0.39, 0.29) is 48.7 Å². The fourth-order valence-corrected chi connectivity index (χ4v) is 2.72. The van der Waals surface area contributed by atoms with Gasteiger partial charge in [0.25, 0.3) is 0 Å². The number of guanidine groups is 1. The molecule has 0 heterocycles. The molecular weight excluding hydrogens is 536 g/mol. The molecule has 0 unspecified atom stereocenters. The Hall–Kier alpha value is -2.50. The molecule has 0 saturated carbocycles. The van der Waals surface area contributed by atoms with E-state index in [1.807, 2.05) is 30.3 Å². The molecule has 0 spiro atoms. The van der Waals surface area contributed by atoms with E-state index in [9.17, 15) is 18.0 Å². The number of nitrogens with one attached hydrogen (secondary N) is 3. The number of carbonyl (C=O) groups is 1. The van der Waals surface area contributed by atoms with E-state index in [2.05, 4.69) is 20.9 Å². The van der Waals surface area contributed by atoms with E-state index < -0.39 is 12.8 Å². The first-order chi connectivity index (χ1) is 14.8. The zero-order valence-corrected chi connectivity index (χ0v) is 20.3. The van der Waals surface area contributed by atoms with Crippen LogP contribution in [-0.4, -0.2) is 44.8 Å². The third-order valence-electron chi connectivity index (χ3n) is 4.28. The van der Waals surface area contributed by atoms with E-state index in [1.165, 1.54) is 0 Å². The van der Waals surface area contributed by atoms with Crippen LogP contribution in [0.15, 0.2) is 53.5 Å². The lowest BCUT2D eigenvalue weighted by molar-refractivity contribution is -0.153. The zero-order chi connectivity index (χ0) is 22.7. The van der Waals surface area contributed by atoms with Crippen LogP contribution in [0, 0.1) is 6.92 Å². The van der Waals surface area contributed by atoms with Gasteiger partial charge in [-0.25, -0.2) is 0 Å². The minimum Gasteiger partial charge on any atom is -0.484 e. The third-order valence-corrected chi connectivity index (χ3v) is 4.28. The number of benzene rings is 2. The van der Waals surface area contributed by atoms with Crippen LogP contribution < -0.4 is 20.7 Å². The summed E-state index contributed by atoms with van der Waals surface area (Å²) in [4.78, 5) is 16.0. The number of amides is 1. The highest BCUT2D eigenvalue weighted by Crippen LogP contribution is 2.23. The van der Waals surface area contributed by atoms with Crippen molar-refractivity contribution in [2.24, 2.45) is 4.99 Å². The van der Waals surface area contributed by atoms with Gasteiger partial charge in [0.2, 0.25) is 5.91 Å². The lowest BCUT2D eigenvalue weighted by Gasteiger charge is -2.16. The fraction of sp³-hybridized carbons (Fsp3) is 0.364. The van der Waals surface area contributed by atoms with Crippen molar-refractivity contribution in [1.29, 1.82) is 0 Å². The number of aryl methyl sites for hydroxylation is 1. The molecule has 10 heteroatoms. The Kier molecular flexibility index (Phi) is 11.9. The minimum absolute atomic E-state index is 0. The first-order valence-corrected chi connectivity index (χ1v) is 9.81. The van der Waals surface area contributed by atoms with Crippen LogP contribution in [0.2, 0.25) is 0 Å². The van der Waals surface area contributed by atoms with Gasteiger partial charge >= 0.3 is 6.18 Å². The first kappa shape index (κ1) is 27.5. The van der Waals surface area contributed by atoms with Gasteiger partial charge in [0.15, 0.2) is 12.6 Å². The summed E-state index contributed by atoms with van der Waals surface area (Å²) in [6.45, 7) is 1.12. The molecule has 0 saturated heterocycles. The molecule has 176 valence electrons. The highest BCUT2D eigenvalue weighted by atomic mass is 127. The second kappa shape index (κ2) is 13.8. The van der Waals surface area contributed by atoms with E-state index in [4.69, 9.17) is 4.74 Å². The maximum Gasteiger partial charge on any atom is 0.422 e. The fourth-order valence-electron chi connectivity index (χ4n) is 2.72. The lowest BCUT2D eigenvalue weighted by atomic mass is 10.1. The van der Waals surface area contributed by atoms with Crippen LogP contribution >= 0.6 is 24.0 Å². The summed E-state index contributed by atoms with van der Waals surface area (Å²) < 4.78 is 42.4. The van der Waals surface area contributed by atoms with Crippen molar-refractivity contribution < 1.29 is 22.7 Å². The normalized spacial score (nSPS) is 11.3. The standard InChI is InChI=1S/C22H27F3N4O2.HI/c1-16-8-9-18(19(12-16)31-15-22(23,24)25)13-28-21(26-2)29-14-20(30)27-11-10-17-6-4-3-5-7-17;/h3-9,12H,10-11,13-15H2,1-2H3,(H,27,30)(H2,26,28,29);1H. The molecule has 1 amide bonds. The van der Waals surface area contributed by atoms with Crippen LogP contribution in [-0.2, 0) is 17.8 Å². The van der Waals surface area contributed by atoms with E-state index in [1.54, 1.807) is 32.2 Å². The van der Waals surface area contributed by atoms with Gasteiger partial charge in [-0.1, -0.05) is 42.5 Å². The number of aliphatic imine (C=N–C) groups is 1. The summed E-state index contributed by atoms with van der Waals surface area (Å²) >= 11 is 0. The molecule has 0 aliphatic carbocycles. The van der Waals surface area contributed by atoms with Crippen molar-refractivity contribution in [2.45, 2.75) is 26.1 Å². The monoisotopic (exact) mass is 564 g/mol. The molecule has 0 aliphatic rings. The van der Waals surface area contributed by atoms with Crippen molar-refractivity contribution in [3.05, 3.63) is 65.2 Å². The predicted molar refractivity (Wildman–Crippen MR) is 130 cm³/mol. The van der Waals surface area contributed by atoms with Gasteiger partial charge in [0.1, 0.15) is 5.75 Å². The van der Waals surface area contributed by atoms with Gasteiger partial charge in [0, 0.05) is 25.7 Å². The molecule has 6 nitrogen and oxygen atoms in total. The maximum atomic E-state index is 12.5. The van der Waals surface area contributed by atoms with Gasteiger partial charge in [-0.2, -0.15) is 13.2 Å². The molecule has 0 bridgehead atoms. The van der Waals surface area contributed by atoms with Gasteiger partial charge in [-0.05, 0) is 30.5 Å². The van der Waals surface area contributed by atoms with Crippen molar-refractivity contribution in [2.75, 3.05) is 26.7 Å². The van der Waals surface area contributed by atoms with Crippen LogP contribution in [0.25, 0.3) is 0 Å². The van der Waals surface area contributed by atoms with Crippen molar-refractivity contribution in [1.82, 2.24) is 16.0 Å². The summed E-state index contributed by atoms with van der Waals surface area (Å²) in [5, 5.41) is 8.68. The number of ether oxygens (including phenoxy) is 1.